The summed E-state index contributed by atoms with van der Waals surface area (Å²) in [6.45, 7) is 1.15. The lowest BCUT2D eigenvalue weighted by molar-refractivity contribution is -0.0929. The van der Waals surface area contributed by atoms with Crippen LogP contribution in [-0.4, -0.2) is 47.6 Å². The van der Waals surface area contributed by atoms with Crippen LogP contribution in [0, 0.1) is 0 Å². The largest absolute Gasteiger partial charge is 0.441 e. The Kier molecular flexibility index (Phi) is 5.75. The van der Waals surface area contributed by atoms with Gasteiger partial charge in [0, 0.05) is 24.9 Å². The Morgan fingerprint density at radius 1 is 1.32 bits per heavy atom. The molecule has 0 aromatic carbocycles. The van der Waals surface area contributed by atoms with Gasteiger partial charge in [-0.05, 0) is 49.0 Å². The molecule has 2 aliphatic rings. The Morgan fingerprint density at radius 2 is 2.05 bits per heavy atom. The van der Waals surface area contributed by atoms with E-state index in [4.69, 9.17) is 4.74 Å². The minimum Gasteiger partial charge on any atom is -0.375 e. The summed E-state index contributed by atoms with van der Waals surface area (Å²) in [7, 11) is 0. The Balaban J connectivity index is 1.69. The van der Waals surface area contributed by atoms with E-state index in [2.05, 4.69) is 5.32 Å². The van der Waals surface area contributed by atoms with Crippen molar-refractivity contribution in [3.05, 3.63) is 0 Å². The first kappa shape index (κ1) is 15.8. The van der Waals surface area contributed by atoms with Gasteiger partial charge in [0.15, 0.2) is 0 Å². The molecule has 7 heteroatoms. The summed E-state index contributed by atoms with van der Waals surface area (Å²) in [5, 5.41) is 3.26. The van der Waals surface area contributed by atoms with E-state index in [1.807, 2.05) is 11.8 Å². The molecule has 0 aliphatic carbocycles. The molecule has 0 radical (unpaired) electrons. The third kappa shape index (κ3) is 5.36. The SMILES string of the molecule is FC(F)(F)SCCNC1CCOC2(CCSCC2)C1. The van der Waals surface area contributed by atoms with Crippen LogP contribution in [-0.2, 0) is 4.74 Å². The zero-order chi connectivity index (χ0) is 13.8. The number of hydrogen-bond acceptors (Lipinski definition) is 4. The number of nitrogens with one attached hydrogen (secondary N) is 1. The van der Waals surface area contributed by atoms with Crippen molar-refractivity contribution >= 4 is 23.5 Å². The van der Waals surface area contributed by atoms with E-state index in [0.717, 1.165) is 43.8 Å². The molecule has 0 bridgehead atoms. The van der Waals surface area contributed by atoms with Crippen LogP contribution in [0.1, 0.15) is 25.7 Å². The third-order valence-electron chi connectivity index (χ3n) is 3.70. The van der Waals surface area contributed by atoms with Crippen molar-refractivity contribution in [1.29, 1.82) is 0 Å². The number of halogens is 3. The summed E-state index contributed by atoms with van der Waals surface area (Å²) in [6.07, 6.45) is 4.01. The molecule has 1 spiro atoms. The Hall–Kier alpha value is 0.410. The highest BCUT2D eigenvalue weighted by Crippen LogP contribution is 2.37. The van der Waals surface area contributed by atoms with Gasteiger partial charge in [-0.2, -0.15) is 24.9 Å². The summed E-state index contributed by atoms with van der Waals surface area (Å²) < 4.78 is 42.0. The molecule has 0 aromatic rings. The fraction of sp³-hybridized carbons (Fsp3) is 1.00. The smallest absolute Gasteiger partial charge is 0.375 e. The number of ether oxygens (including phenoxy) is 1. The molecule has 0 amide bonds. The monoisotopic (exact) mass is 315 g/mol. The Bertz CT molecular complexity index is 277. The highest BCUT2D eigenvalue weighted by Gasteiger charge is 2.38. The van der Waals surface area contributed by atoms with Crippen molar-refractivity contribution in [1.82, 2.24) is 5.32 Å². The van der Waals surface area contributed by atoms with Crippen molar-refractivity contribution in [3.8, 4) is 0 Å². The zero-order valence-corrected chi connectivity index (χ0v) is 12.4. The van der Waals surface area contributed by atoms with Gasteiger partial charge in [-0.3, -0.25) is 0 Å². The number of alkyl halides is 3. The number of rotatable bonds is 4. The Labute approximate surface area is 120 Å². The molecular weight excluding hydrogens is 295 g/mol. The van der Waals surface area contributed by atoms with E-state index < -0.39 is 5.51 Å². The molecule has 0 saturated carbocycles. The topological polar surface area (TPSA) is 21.3 Å². The van der Waals surface area contributed by atoms with Gasteiger partial charge in [-0.1, -0.05) is 0 Å². The predicted octanol–water partition coefficient (Wildman–Crippen LogP) is 3.27. The van der Waals surface area contributed by atoms with Gasteiger partial charge in [0.1, 0.15) is 0 Å². The molecule has 1 unspecified atom stereocenters. The molecule has 112 valence electrons. The van der Waals surface area contributed by atoms with E-state index in [0.29, 0.717) is 12.6 Å². The Morgan fingerprint density at radius 3 is 2.74 bits per heavy atom. The summed E-state index contributed by atoms with van der Waals surface area (Å²) in [4.78, 5) is 0. The van der Waals surface area contributed by atoms with E-state index >= 15 is 0 Å². The second-order valence-corrected chi connectivity index (χ2v) is 7.47. The number of thioether (sulfide) groups is 2. The summed E-state index contributed by atoms with van der Waals surface area (Å²) in [6, 6.07) is 0.311. The lowest BCUT2D eigenvalue weighted by atomic mass is 9.85. The zero-order valence-electron chi connectivity index (χ0n) is 10.8. The van der Waals surface area contributed by atoms with Gasteiger partial charge in [0.05, 0.1) is 5.60 Å². The molecule has 0 aromatic heterocycles. The van der Waals surface area contributed by atoms with Crippen LogP contribution in [0.3, 0.4) is 0 Å². The highest BCUT2D eigenvalue weighted by molar-refractivity contribution is 8.00. The fourth-order valence-electron chi connectivity index (χ4n) is 2.72. The van der Waals surface area contributed by atoms with Crippen molar-refractivity contribution in [2.75, 3.05) is 30.4 Å². The van der Waals surface area contributed by atoms with Crippen LogP contribution >= 0.6 is 23.5 Å². The minimum atomic E-state index is -4.11. The average Bonchev–Trinajstić information content (AvgIpc) is 2.35. The lowest BCUT2D eigenvalue weighted by Gasteiger charge is -2.43. The van der Waals surface area contributed by atoms with Gasteiger partial charge in [-0.25, -0.2) is 0 Å². The number of hydrogen-bond donors (Lipinski definition) is 1. The summed E-state index contributed by atoms with van der Waals surface area (Å²) >= 11 is 2.01. The standard InChI is InChI=1S/C12H20F3NOS2/c13-12(14,15)19-8-4-16-10-1-5-17-11(9-10)2-6-18-7-3-11/h10,16H,1-9H2. The first-order valence-corrected chi connectivity index (χ1v) is 8.79. The molecule has 2 heterocycles. The maximum absolute atomic E-state index is 12.0. The van der Waals surface area contributed by atoms with E-state index in [-0.39, 0.29) is 23.1 Å². The van der Waals surface area contributed by atoms with Gasteiger partial charge in [0.2, 0.25) is 0 Å². The molecule has 2 fully saturated rings. The fourth-order valence-corrected chi connectivity index (χ4v) is 4.41. The normalized spacial score (nSPS) is 27.6. The van der Waals surface area contributed by atoms with Crippen molar-refractivity contribution in [2.24, 2.45) is 0 Å². The maximum Gasteiger partial charge on any atom is 0.441 e. The second-order valence-electron chi connectivity index (χ2n) is 5.08. The maximum atomic E-state index is 12.0. The van der Waals surface area contributed by atoms with Crippen LogP contribution < -0.4 is 5.32 Å². The van der Waals surface area contributed by atoms with Crippen molar-refractivity contribution in [2.45, 2.75) is 42.8 Å². The lowest BCUT2D eigenvalue weighted by Crippen LogP contribution is -2.49. The van der Waals surface area contributed by atoms with E-state index in [9.17, 15) is 13.2 Å². The van der Waals surface area contributed by atoms with Crippen LogP contribution in [0.25, 0.3) is 0 Å². The molecule has 19 heavy (non-hydrogen) atoms. The average molecular weight is 315 g/mol. The van der Waals surface area contributed by atoms with E-state index in [1.54, 1.807) is 0 Å². The molecule has 1 atom stereocenters. The van der Waals surface area contributed by atoms with Gasteiger partial charge >= 0.3 is 5.51 Å². The van der Waals surface area contributed by atoms with Crippen LogP contribution in [0.2, 0.25) is 0 Å². The predicted molar refractivity (Wildman–Crippen MR) is 74.8 cm³/mol. The van der Waals surface area contributed by atoms with E-state index in [1.165, 1.54) is 0 Å². The molecule has 2 saturated heterocycles. The third-order valence-corrected chi connectivity index (χ3v) is 5.42. The van der Waals surface area contributed by atoms with Crippen LogP contribution in [0.5, 0.6) is 0 Å². The molecule has 2 rings (SSSR count). The second kappa shape index (κ2) is 6.91. The van der Waals surface area contributed by atoms with Crippen LogP contribution in [0.15, 0.2) is 0 Å². The summed E-state index contributed by atoms with van der Waals surface area (Å²) in [5.41, 5.74) is -4.11. The molecule has 2 nitrogen and oxygen atoms in total. The van der Waals surface area contributed by atoms with Gasteiger partial charge in [-0.15, -0.1) is 0 Å². The summed E-state index contributed by atoms with van der Waals surface area (Å²) in [5.74, 6) is 2.36. The highest BCUT2D eigenvalue weighted by atomic mass is 32.2. The minimum absolute atomic E-state index is 0.00165. The van der Waals surface area contributed by atoms with Crippen LogP contribution in [0.4, 0.5) is 13.2 Å². The van der Waals surface area contributed by atoms with Gasteiger partial charge in [0.25, 0.3) is 0 Å². The molecule has 1 N–H and O–H groups in total. The van der Waals surface area contributed by atoms with Crippen molar-refractivity contribution < 1.29 is 17.9 Å². The quantitative estimate of drug-likeness (QED) is 0.804. The molecular formula is C12H20F3NOS2. The van der Waals surface area contributed by atoms with Gasteiger partial charge < -0.3 is 10.1 Å². The first-order chi connectivity index (χ1) is 8.99. The molecule has 2 aliphatic heterocycles. The van der Waals surface area contributed by atoms with Crippen molar-refractivity contribution in [3.63, 3.8) is 0 Å². The first-order valence-electron chi connectivity index (χ1n) is 6.65.